The van der Waals surface area contributed by atoms with Crippen molar-refractivity contribution in [3.8, 4) is 0 Å². The molecule has 0 fully saturated rings. The molecule has 0 N–H and O–H groups in total. The Morgan fingerprint density at radius 1 is 0.400 bits per heavy atom. The van der Waals surface area contributed by atoms with Crippen LogP contribution >= 0.6 is 22.7 Å². The van der Waals surface area contributed by atoms with Crippen LogP contribution in [0.15, 0.2) is 0 Å². The molecule has 4 aromatic rings. The Bertz CT molecular complexity index is 1240. The minimum atomic E-state index is 0.153. The summed E-state index contributed by atoms with van der Waals surface area (Å²) in [5.41, 5.74) is 12.2. The van der Waals surface area contributed by atoms with E-state index < -0.39 is 0 Å². The molecule has 0 unspecified atom stereocenters. The molecule has 4 rings (SSSR count). The van der Waals surface area contributed by atoms with E-state index >= 15 is 0 Å². The van der Waals surface area contributed by atoms with Gasteiger partial charge in [0, 0.05) is 20.2 Å². The molecular formula is C28H36S2. The molecule has 0 saturated heterocycles. The highest BCUT2D eigenvalue weighted by Crippen LogP contribution is 2.52. The van der Waals surface area contributed by atoms with Crippen molar-refractivity contribution in [2.45, 2.75) is 93.9 Å². The van der Waals surface area contributed by atoms with Crippen LogP contribution in [0.1, 0.15) is 86.1 Å². The Balaban J connectivity index is 2.29. The summed E-state index contributed by atoms with van der Waals surface area (Å²) in [6.07, 6.45) is 0. The Labute approximate surface area is 190 Å². The average Bonchev–Trinajstić information content (AvgIpc) is 3.11. The normalized spacial score (nSPS) is 13.3. The first-order chi connectivity index (χ1) is 13.7. The fourth-order valence-electron chi connectivity index (χ4n) is 5.92. The summed E-state index contributed by atoms with van der Waals surface area (Å²) in [6, 6.07) is 0. The molecule has 30 heavy (non-hydrogen) atoms. The molecule has 2 heterocycles. The number of hydrogen-bond acceptors (Lipinski definition) is 2. The van der Waals surface area contributed by atoms with Gasteiger partial charge in [0.25, 0.3) is 0 Å². The molecule has 2 aromatic carbocycles. The van der Waals surface area contributed by atoms with Crippen molar-refractivity contribution in [2.75, 3.05) is 0 Å². The van der Waals surface area contributed by atoms with Crippen LogP contribution in [-0.4, -0.2) is 0 Å². The highest BCUT2D eigenvalue weighted by atomic mass is 32.1. The van der Waals surface area contributed by atoms with Crippen molar-refractivity contribution < 1.29 is 0 Å². The van der Waals surface area contributed by atoms with Gasteiger partial charge in [0.05, 0.1) is 9.40 Å². The monoisotopic (exact) mass is 436 g/mol. The second-order valence-corrected chi connectivity index (χ2v) is 13.3. The van der Waals surface area contributed by atoms with Gasteiger partial charge in [-0.25, -0.2) is 0 Å². The summed E-state index contributed by atoms with van der Waals surface area (Å²) in [7, 11) is 0. The van der Waals surface area contributed by atoms with E-state index in [0.717, 1.165) is 0 Å². The minimum Gasteiger partial charge on any atom is -0.133 e. The van der Waals surface area contributed by atoms with Crippen molar-refractivity contribution in [3.63, 3.8) is 0 Å². The summed E-state index contributed by atoms with van der Waals surface area (Å²) >= 11 is 4.06. The van der Waals surface area contributed by atoms with Crippen LogP contribution in [0, 0.1) is 41.5 Å². The SMILES string of the molecule is Cc1c(C(C)(C)C)c(C)c2c(sc3c2sc2c(C)c(C)c(C(C)(C)C)c(C)c23)c1C. The molecule has 0 spiro atoms. The Hall–Kier alpha value is -1.38. The maximum Gasteiger partial charge on any atom is 0.0545 e. The van der Waals surface area contributed by atoms with E-state index in [1.807, 2.05) is 22.7 Å². The van der Waals surface area contributed by atoms with Gasteiger partial charge in [-0.1, -0.05) is 41.5 Å². The number of hydrogen-bond donors (Lipinski definition) is 0. The van der Waals surface area contributed by atoms with Gasteiger partial charge in [0.1, 0.15) is 0 Å². The van der Waals surface area contributed by atoms with Crippen LogP contribution in [0.4, 0.5) is 0 Å². The summed E-state index contributed by atoms with van der Waals surface area (Å²) < 4.78 is 6.01. The third kappa shape index (κ3) is 2.83. The van der Waals surface area contributed by atoms with Crippen LogP contribution in [0.2, 0.25) is 0 Å². The molecule has 0 aliphatic heterocycles. The van der Waals surface area contributed by atoms with Crippen LogP contribution < -0.4 is 0 Å². The fourth-order valence-corrected chi connectivity index (χ4v) is 9.14. The molecule has 0 saturated carbocycles. The first-order valence-corrected chi connectivity index (χ1v) is 12.7. The van der Waals surface area contributed by atoms with Gasteiger partial charge in [-0.2, -0.15) is 0 Å². The molecule has 2 heteroatoms. The average molecular weight is 437 g/mol. The van der Waals surface area contributed by atoms with E-state index in [1.54, 1.807) is 0 Å². The third-order valence-electron chi connectivity index (χ3n) is 7.08. The van der Waals surface area contributed by atoms with Gasteiger partial charge >= 0.3 is 0 Å². The molecule has 0 amide bonds. The van der Waals surface area contributed by atoms with E-state index in [1.165, 1.54) is 74.1 Å². The van der Waals surface area contributed by atoms with E-state index in [0.29, 0.717) is 0 Å². The molecule has 0 radical (unpaired) electrons. The molecule has 0 aliphatic carbocycles. The largest absolute Gasteiger partial charge is 0.133 e. The van der Waals surface area contributed by atoms with E-state index in [4.69, 9.17) is 0 Å². The maximum absolute atomic E-state index is 2.36. The van der Waals surface area contributed by atoms with Gasteiger partial charge < -0.3 is 0 Å². The summed E-state index contributed by atoms with van der Waals surface area (Å²) in [5, 5.41) is 3.02. The van der Waals surface area contributed by atoms with Crippen molar-refractivity contribution >= 4 is 52.2 Å². The highest BCUT2D eigenvalue weighted by molar-refractivity contribution is 7.36. The zero-order valence-electron chi connectivity index (χ0n) is 20.8. The molecule has 0 atom stereocenters. The number of fused-ring (bicyclic) bond motifs is 5. The van der Waals surface area contributed by atoms with Gasteiger partial charge in [-0.3, -0.25) is 0 Å². The van der Waals surface area contributed by atoms with Crippen molar-refractivity contribution in [1.82, 2.24) is 0 Å². The van der Waals surface area contributed by atoms with Crippen molar-refractivity contribution in [1.29, 1.82) is 0 Å². The van der Waals surface area contributed by atoms with Gasteiger partial charge in [-0.05, 0) is 96.9 Å². The fraction of sp³-hybridized carbons (Fsp3) is 0.500. The number of aryl methyl sites for hydroxylation is 4. The molecular weight excluding hydrogens is 400 g/mol. The predicted octanol–water partition coefficient (Wildman–Crippen LogP) is 9.71. The Morgan fingerprint density at radius 3 is 0.967 bits per heavy atom. The third-order valence-corrected chi connectivity index (χ3v) is 9.86. The second kappa shape index (κ2) is 6.56. The smallest absolute Gasteiger partial charge is 0.0545 e. The molecule has 0 bridgehead atoms. The van der Waals surface area contributed by atoms with Gasteiger partial charge in [-0.15, -0.1) is 22.7 Å². The quantitative estimate of drug-likeness (QED) is 0.257. The Morgan fingerprint density at radius 2 is 0.700 bits per heavy atom. The lowest BCUT2D eigenvalue weighted by Gasteiger charge is -2.26. The molecule has 0 aliphatic rings. The van der Waals surface area contributed by atoms with Crippen LogP contribution in [0.5, 0.6) is 0 Å². The highest BCUT2D eigenvalue weighted by Gasteiger charge is 2.28. The summed E-state index contributed by atoms with van der Waals surface area (Å²) in [5.74, 6) is 0. The van der Waals surface area contributed by atoms with E-state index in [9.17, 15) is 0 Å². The standard InChI is InChI=1S/C28H36S2/c1-13-15(3)23-19(17(5)21(13)27(7,8)9)25-26(29-23)20-18(6)22(28(10,11)12)14(2)16(4)24(20)30-25/h1-12H3. The topological polar surface area (TPSA) is 0 Å². The zero-order chi connectivity index (χ0) is 22.5. The Kier molecular flexibility index (Phi) is 4.78. The van der Waals surface area contributed by atoms with Crippen LogP contribution in [-0.2, 0) is 10.8 Å². The van der Waals surface area contributed by atoms with Gasteiger partial charge in [0.15, 0.2) is 0 Å². The molecule has 160 valence electrons. The van der Waals surface area contributed by atoms with Crippen molar-refractivity contribution in [2.24, 2.45) is 0 Å². The molecule has 2 aromatic heterocycles. The van der Waals surface area contributed by atoms with Gasteiger partial charge in [0.2, 0.25) is 0 Å². The second-order valence-electron chi connectivity index (χ2n) is 11.3. The first-order valence-electron chi connectivity index (χ1n) is 11.1. The summed E-state index contributed by atoms with van der Waals surface area (Å²) in [6.45, 7) is 28.2. The number of rotatable bonds is 0. The number of benzene rings is 2. The van der Waals surface area contributed by atoms with Crippen molar-refractivity contribution in [3.05, 3.63) is 44.5 Å². The van der Waals surface area contributed by atoms with Crippen LogP contribution in [0.3, 0.4) is 0 Å². The maximum atomic E-state index is 2.36. The number of thiophene rings is 2. The van der Waals surface area contributed by atoms with Crippen LogP contribution in [0.25, 0.3) is 29.6 Å². The van der Waals surface area contributed by atoms with E-state index in [-0.39, 0.29) is 10.8 Å². The minimum absolute atomic E-state index is 0.153. The lowest BCUT2D eigenvalue weighted by molar-refractivity contribution is 0.582. The lowest BCUT2D eigenvalue weighted by atomic mass is 9.78. The summed E-state index contributed by atoms with van der Waals surface area (Å²) in [4.78, 5) is 0. The predicted molar refractivity (Wildman–Crippen MR) is 141 cm³/mol. The molecule has 0 nitrogen and oxygen atoms in total. The van der Waals surface area contributed by atoms with E-state index in [2.05, 4.69) is 83.1 Å². The zero-order valence-corrected chi connectivity index (χ0v) is 22.4. The first kappa shape index (κ1) is 21.8. The lowest BCUT2D eigenvalue weighted by Crippen LogP contribution is -2.16.